The minimum atomic E-state index is 0.644. The van der Waals surface area contributed by atoms with Crippen molar-refractivity contribution in [2.24, 2.45) is 0 Å². The summed E-state index contributed by atoms with van der Waals surface area (Å²) in [5.74, 6) is 0. The Morgan fingerprint density at radius 3 is 1.13 bits per heavy atom. The standard InChI is InChI=1S/C98H54N4O2S2/c99-55-68-34-41-70(67-33-42-72-71-21-10-11-28-89(71)103-91(72)54-67)92-76-24-13-26-87(97(76)105-95(68)92)101-85-46-38-64(59-19-8-3-9-20-59)51-80(85)81-52-65(39-47-86(81)101)60-29-31-61(32-30-60)66-40-48-90-82(53-66)75-23-12-22-74(94(75)104-90)73-43-35-69(56-100)96-93(73)77-25-14-27-88(98(77)106-96)102-83-44-36-62(57-15-4-1-5-16-57)49-78(83)79-50-63(37-45-84(79)102)58-17-6-2-7-18-58/h1-54H. The zero-order valence-electron chi connectivity index (χ0n) is 56.6. The van der Waals surface area contributed by atoms with E-state index in [-0.39, 0.29) is 0 Å². The fourth-order valence-electron chi connectivity index (χ4n) is 16.9. The van der Waals surface area contributed by atoms with Gasteiger partial charge in [0.05, 0.1) is 63.4 Å². The van der Waals surface area contributed by atoms with Crippen molar-refractivity contribution in [3.63, 3.8) is 0 Å². The topological polar surface area (TPSA) is 83.7 Å². The maximum Gasteiger partial charge on any atom is 0.143 e. The zero-order valence-corrected chi connectivity index (χ0v) is 58.2. The molecule has 22 aromatic rings. The molecule has 0 atom stereocenters. The van der Waals surface area contributed by atoms with Gasteiger partial charge < -0.3 is 18.0 Å². The van der Waals surface area contributed by atoms with E-state index >= 15 is 0 Å². The predicted octanol–water partition coefficient (Wildman–Crippen LogP) is 27.8. The summed E-state index contributed by atoms with van der Waals surface area (Å²) in [6.07, 6.45) is 0. The fraction of sp³-hybridized carbons (Fsp3) is 0. The quantitative estimate of drug-likeness (QED) is 0.144. The van der Waals surface area contributed by atoms with Gasteiger partial charge in [0.25, 0.3) is 0 Å². The van der Waals surface area contributed by atoms with E-state index in [1.807, 2.05) is 24.3 Å². The van der Waals surface area contributed by atoms with Crippen LogP contribution in [0.15, 0.2) is 336 Å². The molecule has 0 spiro atoms. The van der Waals surface area contributed by atoms with Crippen molar-refractivity contribution in [2.75, 3.05) is 0 Å². The first-order valence-corrected chi connectivity index (χ1v) is 37.2. The molecular weight excluding hydrogens is 1330 g/mol. The van der Waals surface area contributed by atoms with E-state index in [1.54, 1.807) is 22.7 Å². The van der Waals surface area contributed by atoms with Gasteiger partial charge in [0.1, 0.15) is 34.5 Å². The molecule has 0 N–H and O–H groups in total. The zero-order chi connectivity index (χ0) is 69.8. The van der Waals surface area contributed by atoms with Crippen LogP contribution in [0.4, 0.5) is 0 Å². The molecule has 16 aromatic carbocycles. The van der Waals surface area contributed by atoms with Crippen LogP contribution in [0.25, 0.3) is 217 Å². The molecule has 6 heterocycles. The van der Waals surface area contributed by atoms with E-state index in [1.165, 1.54) is 33.0 Å². The van der Waals surface area contributed by atoms with E-state index < -0.39 is 0 Å². The van der Waals surface area contributed by atoms with Gasteiger partial charge >= 0.3 is 0 Å². The Hall–Kier alpha value is -13.9. The second-order valence-corrected chi connectivity index (χ2v) is 29.6. The SMILES string of the molecule is N#Cc1ccc(-c2ccc3c(c2)oc2ccccc23)c2c1sc1c(-n3c4ccc(-c5ccccc5)cc4c4cc(-c5ccc(-c6ccc7oc8c(-c9ccc(C#N)c%10sc%11c(-n%12c%13ccc(-c%14ccccc%14)cc%13c%13cc(-c%14ccccc%14)ccc%13%12)cccc%11c9%10)cccc8c7c6)cc5)ccc43)cccc12. The smallest absolute Gasteiger partial charge is 0.143 e. The number of nitrogens with zero attached hydrogens (tertiary/aromatic N) is 4. The highest BCUT2D eigenvalue weighted by Crippen LogP contribution is 2.51. The van der Waals surface area contributed by atoms with E-state index in [2.05, 4.69) is 325 Å². The van der Waals surface area contributed by atoms with Crippen LogP contribution in [0.2, 0.25) is 0 Å². The van der Waals surface area contributed by atoms with Crippen molar-refractivity contribution in [2.45, 2.75) is 0 Å². The molecule has 0 saturated carbocycles. The van der Waals surface area contributed by atoms with Crippen molar-refractivity contribution in [1.29, 1.82) is 10.5 Å². The molecule has 0 aliphatic rings. The van der Waals surface area contributed by atoms with Crippen molar-refractivity contribution in [3.05, 3.63) is 339 Å². The summed E-state index contributed by atoms with van der Waals surface area (Å²) in [5, 5.41) is 34.7. The number of furan rings is 2. The molecule has 0 aliphatic heterocycles. The van der Waals surface area contributed by atoms with E-state index in [0.717, 1.165) is 184 Å². The van der Waals surface area contributed by atoms with Gasteiger partial charge in [-0.1, -0.05) is 224 Å². The number of thiophene rings is 2. The Bertz CT molecular complexity index is 7490. The van der Waals surface area contributed by atoms with Crippen molar-refractivity contribution < 1.29 is 8.83 Å². The lowest BCUT2D eigenvalue weighted by molar-refractivity contribution is 0.669. The number of rotatable bonds is 9. The van der Waals surface area contributed by atoms with Crippen molar-refractivity contribution in [3.8, 4) is 101 Å². The lowest BCUT2D eigenvalue weighted by Crippen LogP contribution is -1.94. The number of hydrogen-bond donors (Lipinski definition) is 0. The predicted molar refractivity (Wildman–Crippen MR) is 443 cm³/mol. The van der Waals surface area contributed by atoms with Gasteiger partial charge in [-0.15, -0.1) is 22.7 Å². The van der Waals surface area contributed by atoms with Gasteiger partial charge in [-0.05, 0) is 175 Å². The van der Waals surface area contributed by atoms with E-state index in [9.17, 15) is 10.5 Å². The van der Waals surface area contributed by atoms with Gasteiger partial charge in [0.15, 0.2) is 0 Å². The summed E-state index contributed by atoms with van der Waals surface area (Å²) in [6.45, 7) is 0. The van der Waals surface area contributed by atoms with Crippen LogP contribution in [0.1, 0.15) is 11.1 Å². The van der Waals surface area contributed by atoms with Gasteiger partial charge in [-0.25, -0.2) is 0 Å². The van der Waals surface area contributed by atoms with Crippen LogP contribution >= 0.6 is 22.7 Å². The van der Waals surface area contributed by atoms with Crippen LogP contribution in [0.5, 0.6) is 0 Å². The maximum absolute atomic E-state index is 10.9. The Kier molecular flexibility index (Phi) is 13.2. The summed E-state index contributed by atoms with van der Waals surface area (Å²) in [6, 6.07) is 122. The van der Waals surface area contributed by atoms with Gasteiger partial charge in [0.2, 0.25) is 0 Å². The molecule has 0 fully saturated rings. The molecular formula is C98H54N4O2S2. The van der Waals surface area contributed by atoms with Crippen LogP contribution in [-0.4, -0.2) is 9.13 Å². The first-order chi connectivity index (χ1) is 52.4. The Morgan fingerprint density at radius 1 is 0.236 bits per heavy atom. The number of aromatic nitrogens is 2. The summed E-state index contributed by atoms with van der Waals surface area (Å²) in [4.78, 5) is 0. The molecule has 0 bridgehead atoms. The fourth-order valence-corrected chi connectivity index (χ4v) is 19.5. The van der Waals surface area contributed by atoms with E-state index in [0.29, 0.717) is 11.1 Å². The molecule has 6 aromatic heterocycles. The van der Waals surface area contributed by atoms with Gasteiger partial charge in [-0.2, -0.15) is 10.5 Å². The molecule has 22 rings (SSSR count). The molecule has 0 radical (unpaired) electrons. The highest BCUT2D eigenvalue weighted by molar-refractivity contribution is 7.27. The molecule has 6 nitrogen and oxygen atoms in total. The summed E-state index contributed by atoms with van der Waals surface area (Å²) >= 11 is 3.38. The molecule has 8 heteroatoms. The van der Waals surface area contributed by atoms with Crippen LogP contribution in [0.3, 0.4) is 0 Å². The molecule has 106 heavy (non-hydrogen) atoms. The first kappa shape index (κ1) is 59.8. The maximum atomic E-state index is 10.9. The number of para-hydroxylation sites is 2. The molecule has 0 amide bonds. The molecule has 0 aliphatic carbocycles. The Labute approximate surface area is 614 Å². The van der Waals surface area contributed by atoms with Gasteiger partial charge in [0, 0.05) is 70.2 Å². The van der Waals surface area contributed by atoms with Crippen LogP contribution in [-0.2, 0) is 0 Å². The summed E-state index contributed by atoms with van der Waals surface area (Å²) < 4.78 is 22.4. The average molecular weight is 1380 g/mol. The van der Waals surface area contributed by atoms with Gasteiger partial charge in [-0.3, -0.25) is 0 Å². The first-order valence-electron chi connectivity index (χ1n) is 35.5. The number of fused-ring (bicyclic) bond motifs is 18. The number of benzene rings is 16. The number of hydrogen-bond acceptors (Lipinski definition) is 6. The van der Waals surface area contributed by atoms with Crippen molar-refractivity contribution >= 4 is 151 Å². The second kappa shape index (κ2) is 23.3. The second-order valence-electron chi connectivity index (χ2n) is 27.5. The third-order valence-electron chi connectivity index (χ3n) is 21.9. The lowest BCUT2D eigenvalue weighted by atomic mass is 9.95. The normalized spacial score (nSPS) is 11.9. The summed E-state index contributed by atoms with van der Waals surface area (Å²) in [7, 11) is 0. The third-order valence-corrected chi connectivity index (χ3v) is 24.4. The highest BCUT2D eigenvalue weighted by Gasteiger charge is 2.26. The monoisotopic (exact) mass is 1380 g/mol. The average Bonchev–Trinajstić information content (AvgIpc) is 1.56. The molecule has 0 saturated heterocycles. The number of nitriles is 2. The van der Waals surface area contributed by atoms with Crippen LogP contribution in [0, 0.1) is 22.7 Å². The minimum Gasteiger partial charge on any atom is -0.456 e. The third kappa shape index (κ3) is 9.06. The largest absolute Gasteiger partial charge is 0.456 e. The van der Waals surface area contributed by atoms with Crippen molar-refractivity contribution in [1.82, 2.24) is 9.13 Å². The molecule has 490 valence electrons. The Morgan fingerprint density at radius 2 is 0.623 bits per heavy atom. The van der Waals surface area contributed by atoms with E-state index in [4.69, 9.17) is 8.83 Å². The summed E-state index contributed by atoms with van der Waals surface area (Å²) in [5.41, 5.74) is 26.7. The Balaban J connectivity index is 0.633. The van der Waals surface area contributed by atoms with Crippen LogP contribution < -0.4 is 0 Å². The lowest BCUT2D eigenvalue weighted by Gasteiger charge is -2.11. The highest BCUT2D eigenvalue weighted by atomic mass is 32.1. The molecule has 0 unspecified atom stereocenters. The minimum absolute atomic E-state index is 0.644.